The van der Waals surface area contributed by atoms with Crippen molar-refractivity contribution in [3.05, 3.63) is 224 Å². The number of fused-ring (bicyclic) bond motifs is 6. The fourth-order valence-corrected chi connectivity index (χ4v) is 9.07. The number of nitrogens with zero attached hydrogens (tertiary/aromatic N) is 5. The Morgan fingerprint density at radius 3 is 1.32 bits per heavy atom. The van der Waals surface area contributed by atoms with E-state index in [4.69, 9.17) is 15.0 Å². The predicted octanol–water partition coefficient (Wildman–Crippen LogP) is 14.4. The van der Waals surface area contributed by atoms with E-state index in [2.05, 4.69) is 173 Å². The lowest BCUT2D eigenvalue weighted by Gasteiger charge is -2.13. The molecule has 0 fully saturated rings. The van der Waals surface area contributed by atoms with E-state index in [0.717, 1.165) is 44.7 Å². The van der Waals surface area contributed by atoms with Crippen LogP contribution in [-0.2, 0) is 0 Å². The summed E-state index contributed by atoms with van der Waals surface area (Å²) in [6, 6.07) is 79.4. The summed E-state index contributed by atoms with van der Waals surface area (Å²) in [5, 5.41) is 4.93. The van der Waals surface area contributed by atoms with Gasteiger partial charge in [0.05, 0.1) is 22.1 Å². The van der Waals surface area contributed by atoms with E-state index in [-0.39, 0.29) is 0 Å². The maximum absolute atomic E-state index is 4.94. The minimum Gasteiger partial charge on any atom is -0.309 e. The van der Waals surface area contributed by atoms with Crippen molar-refractivity contribution in [3.63, 3.8) is 0 Å². The summed E-state index contributed by atoms with van der Waals surface area (Å²) in [7, 11) is 0. The van der Waals surface area contributed by atoms with Gasteiger partial charge in [0.25, 0.3) is 0 Å². The summed E-state index contributed by atoms with van der Waals surface area (Å²) in [6.07, 6.45) is 0. The van der Waals surface area contributed by atoms with Crippen LogP contribution in [0.25, 0.3) is 111 Å². The summed E-state index contributed by atoms with van der Waals surface area (Å²) in [5.41, 5.74) is 14.5. The third-order valence-corrected chi connectivity index (χ3v) is 12.0. The number of aromatic nitrogens is 5. The van der Waals surface area contributed by atoms with Crippen LogP contribution in [-0.4, -0.2) is 24.1 Å². The van der Waals surface area contributed by atoms with E-state index in [1.165, 1.54) is 49.2 Å². The number of rotatable bonds is 7. The molecule has 62 heavy (non-hydrogen) atoms. The molecule has 0 N–H and O–H groups in total. The van der Waals surface area contributed by atoms with Crippen LogP contribution in [0.2, 0.25) is 0 Å². The number of hydrogen-bond donors (Lipinski definition) is 0. The highest BCUT2D eigenvalue weighted by atomic mass is 15.0. The van der Waals surface area contributed by atoms with Crippen LogP contribution in [0.15, 0.2) is 224 Å². The molecule has 5 nitrogen and oxygen atoms in total. The molecule has 0 unspecified atom stereocenters. The minimum atomic E-state index is 0.643. The predicted molar refractivity (Wildman–Crippen MR) is 256 cm³/mol. The molecule has 3 aromatic heterocycles. The van der Waals surface area contributed by atoms with Gasteiger partial charge < -0.3 is 9.13 Å². The molecule has 0 saturated heterocycles. The second-order valence-corrected chi connectivity index (χ2v) is 15.6. The number of hydrogen-bond acceptors (Lipinski definition) is 3. The molecule has 290 valence electrons. The number of para-hydroxylation sites is 4. The molecule has 9 aromatic carbocycles. The lowest BCUT2D eigenvalue weighted by molar-refractivity contribution is 1.07. The second kappa shape index (κ2) is 14.7. The maximum atomic E-state index is 4.94. The Hall–Kier alpha value is -8.41. The molecule has 5 heteroatoms. The molecule has 0 aliphatic heterocycles. The lowest BCUT2D eigenvalue weighted by atomic mass is 10.0. The van der Waals surface area contributed by atoms with E-state index >= 15 is 0 Å². The normalized spacial score (nSPS) is 11.5. The van der Waals surface area contributed by atoms with Gasteiger partial charge in [0.1, 0.15) is 0 Å². The zero-order valence-electron chi connectivity index (χ0n) is 33.6. The molecule has 0 atom stereocenters. The summed E-state index contributed by atoms with van der Waals surface area (Å²) < 4.78 is 4.79. The van der Waals surface area contributed by atoms with Gasteiger partial charge in [0, 0.05) is 55.2 Å². The lowest BCUT2D eigenvalue weighted by Crippen LogP contribution is -2.00. The molecule has 0 radical (unpaired) electrons. The highest BCUT2D eigenvalue weighted by Crippen LogP contribution is 2.40. The van der Waals surface area contributed by atoms with Crippen molar-refractivity contribution >= 4 is 43.6 Å². The molecule has 12 aromatic rings. The van der Waals surface area contributed by atoms with Gasteiger partial charge in [-0.15, -0.1) is 0 Å². The SMILES string of the molecule is c1ccc(-c2nc(-c3ccccc3)nc(-c3ccc(-c4ccc5c(c4)c4ccccc4n5-c4ccc(-c5cccc6c7ccccc7n(-c7ccccc7)c56)cc4)cc3)n2)cc1. The summed E-state index contributed by atoms with van der Waals surface area (Å²) in [6.45, 7) is 0. The van der Waals surface area contributed by atoms with Crippen molar-refractivity contribution in [1.29, 1.82) is 0 Å². The van der Waals surface area contributed by atoms with E-state index in [1.54, 1.807) is 0 Å². The molecule has 0 saturated carbocycles. The van der Waals surface area contributed by atoms with Crippen molar-refractivity contribution in [2.45, 2.75) is 0 Å². The van der Waals surface area contributed by atoms with E-state index < -0.39 is 0 Å². The average molecular weight is 792 g/mol. The van der Waals surface area contributed by atoms with Crippen LogP contribution in [0.5, 0.6) is 0 Å². The van der Waals surface area contributed by atoms with Crippen molar-refractivity contribution in [2.75, 3.05) is 0 Å². The Bertz CT molecular complexity index is 3530. The zero-order chi connectivity index (χ0) is 41.0. The molecule has 3 heterocycles. The fourth-order valence-electron chi connectivity index (χ4n) is 9.07. The Labute approximate surface area is 358 Å². The Kier molecular flexibility index (Phi) is 8.42. The van der Waals surface area contributed by atoms with Crippen molar-refractivity contribution in [1.82, 2.24) is 24.1 Å². The van der Waals surface area contributed by atoms with Gasteiger partial charge in [-0.25, -0.2) is 15.0 Å². The zero-order valence-corrected chi connectivity index (χ0v) is 33.6. The van der Waals surface area contributed by atoms with Crippen LogP contribution in [0.1, 0.15) is 0 Å². The molecule has 0 aliphatic carbocycles. The standard InChI is InChI=1S/C57H37N5/c1-4-15-40(16-5-1)55-58-56(41-17-6-2-7-18-41)60-57(59-55)42-29-27-38(28-30-42)43-33-36-53-50(37-43)48-22-11-12-25-51(48)61(53)45-34-31-39(32-35-45)46-23-14-24-49-47-21-10-13-26-52(47)62(54(46)49)44-19-8-3-9-20-44/h1-37H. The monoisotopic (exact) mass is 791 g/mol. The quantitative estimate of drug-likeness (QED) is 0.162. The van der Waals surface area contributed by atoms with Gasteiger partial charge in [0.15, 0.2) is 17.5 Å². The molecular formula is C57H37N5. The molecule has 0 aliphatic rings. The average Bonchev–Trinajstić information content (AvgIpc) is 3.88. The van der Waals surface area contributed by atoms with Crippen molar-refractivity contribution in [2.24, 2.45) is 0 Å². The summed E-state index contributed by atoms with van der Waals surface area (Å²) >= 11 is 0. The van der Waals surface area contributed by atoms with Crippen molar-refractivity contribution < 1.29 is 0 Å². The highest BCUT2D eigenvalue weighted by Gasteiger charge is 2.18. The first kappa shape index (κ1) is 35.5. The van der Waals surface area contributed by atoms with Gasteiger partial charge in [-0.05, 0) is 65.2 Å². The van der Waals surface area contributed by atoms with Gasteiger partial charge >= 0.3 is 0 Å². The first-order valence-corrected chi connectivity index (χ1v) is 20.9. The van der Waals surface area contributed by atoms with E-state index in [0.29, 0.717) is 17.5 Å². The fraction of sp³-hybridized carbons (Fsp3) is 0. The van der Waals surface area contributed by atoms with Gasteiger partial charge in [0.2, 0.25) is 0 Å². The van der Waals surface area contributed by atoms with Crippen LogP contribution in [0.4, 0.5) is 0 Å². The van der Waals surface area contributed by atoms with Crippen LogP contribution in [0.3, 0.4) is 0 Å². The largest absolute Gasteiger partial charge is 0.309 e. The smallest absolute Gasteiger partial charge is 0.164 e. The summed E-state index contributed by atoms with van der Waals surface area (Å²) in [4.78, 5) is 14.8. The molecule has 0 bridgehead atoms. The molecule has 0 amide bonds. The highest BCUT2D eigenvalue weighted by molar-refractivity contribution is 6.14. The second-order valence-electron chi connectivity index (χ2n) is 15.6. The van der Waals surface area contributed by atoms with Gasteiger partial charge in [-0.3, -0.25) is 0 Å². The first-order chi connectivity index (χ1) is 30.7. The van der Waals surface area contributed by atoms with E-state index in [1.807, 2.05) is 60.7 Å². The van der Waals surface area contributed by atoms with Gasteiger partial charge in [-0.2, -0.15) is 0 Å². The Balaban J connectivity index is 0.916. The Morgan fingerprint density at radius 1 is 0.258 bits per heavy atom. The first-order valence-electron chi connectivity index (χ1n) is 20.9. The van der Waals surface area contributed by atoms with Crippen LogP contribution in [0, 0.1) is 0 Å². The van der Waals surface area contributed by atoms with E-state index in [9.17, 15) is 0 Å². The number of benzene rings is 9. The van der Waals surface area contributed by atoms with Crippen LogP contribution < -0.4 is 0 Å². The third-order valence-electron chi connectivity index (χ3n) is 12.0. The summed E-state index contributed by atoms with van der Waals surface area (Å²) in [5.74, 6) is 1.95. The van der Waals surface area contributed by atoms with Crippen molar-refractivity contribution in [3.8, 4) is 67.8 Å². The topological polar surface area (TPSA) is 48.5 Å². The molecule has 12 rings (SSSR count). The minimum absolute atomic E-state index is 0.643. The molecule has 0 spiro atoms. The maximum Gasteiger partial charge on any atom is 0.164 e. The third kappa shape index (κ3) is 5.98. The van der Waals surface area contributed by atoms with Crippen LogP contribution >= 0.6 is 0 Å². The Morgan fingerprint density at radius 2 is 0.694 bits per heavy atom. The molecular weight excluding hydrogens is 755 g/mol. The van der Waals surface area contributed by atoms with Gasteiger partial charge in [-0.1, -0.05) is 176 Å².